The van der Waals surface area contributed by atoms with Crippen molar-refractivity contribution in [2.75, 3.05) is 20.8 Å². The first-order valence-corrected chi connectivity index (χ1v) is 12.8. The Morgan fingerprint density at radius 3 is 2.71 bits per heavy atom. The highest BCUT2D eigenvalue weighted by atomic mass is 16.6. The number of ether oxygens (including phenoxy) is 3. The van der Waals surface area contributed by atoms with Crippen molar-refractivity contribution in [3.63, 3.8) is 0 Å². The molecule has 1 saturated carbocycles. The maximum atomic E-state index is 13.2. The van der Waals surface area contributed by atoms with Crippen LogP contribution in [0.3, 0.4) is 0 Å². The number of fused-ring (bicyclic) bond motifs is 2. The highest BCUT2D eigenvalue weighted by Gasteiger charge is 2.52. The summed E-state index contributed by atoms with van der Waals surface area (Å²) in [4.78, 5) is 15.5. The molecule has 188 valence electrons. The van der Waals surface area contributed by atoms with Crippen molar-refractivity contribution < 1.29 is 23.4 Å². The summed E-state index contributed by atoms with van der Waals surface area (Å²) in [5.41, 5.74) is 2.81. The Balaban J connectivity index is 1.40. The first-order chi connectivity index (χ1) is 16.9. The third kappa shape index (κ3) is 4.73. The minimum atomic E-state index is -0.179. The van der Waals surface area contributed by atoms with E-state index < -0.39 is 0 Å². The maximum absolute atomic E-state index is 13.2. The molecule has 2 aliphatic carbocycles. The van der Waals surface area contributed by atoms with Crippen molar-refractivity contribution in [1.82, 2.24) is 4.90 Å². The Bertz CT molecular complexity index is 1080. The zero-order chi connectivity index (χ0) is 24.6. The number of rotatable bonds is 8. The van der Waals surface area contributed by atoms with E-state index in [1.807, 2.05) is 30.3 Å². The lowest BCUT2D eigenvalue weighted by atomic mass is 9.59. The molecule has 6 nitrogen and oxygen atoms in total. The van der Waals surface area contributed by atoms with Gasteiger partial charge >= 0.3 is 5.97 Å². The summed E-state index contributed by atoms with van der Waals surface area (Å²) in [7, 11) is 3.28. The van der Waals surface area contributed by atoms with Crippen LogP contribution in [0.2, 0.25) is 0 Å². The quantitative estimate of drug-likeness (QED) is 0.362. The van der Waals surface area contributed by atoms with Crippen molar-refractivity contribution in [3.8, 4) is 11.5 Å². The van der Waals surface area contributed by atoms with Gasteiger partial charge in [-0.15, -0.1) is 0 Å². The molecule has 0 radical (unpaired) electrons. The largest absolute Gasteiger partial charge is 0.493 e. The van der Waals surface area contributed by atoms with Crippen LogP contribution in [0.15, 0.2) is 52.7 Å². The van der Waals surface area contributed by atoms with E-state index in [0.717, 1.165) is 17.7 Å². The average Bonchev–Trinajstić information content (AvgIpc) is 3.45. The summed E-state index contributed by atoms with van der Waals surface area (Å²) in [6.45, 7) is 6.60. The monoisotopic (exact) mass is 479 g/mol. The molecule has 0 N–H and O–H groups in total. The third-order valence-electron chi connectivity index (χ3n) is 8.35. The van der Waals surface area contributed by atoms with Gasteiger partial charge in [0, 0.05) is 19.0 Å². The first-order valence-electron chi connectivity index (χ1n) is 12.8. The summed E-state index contributed by atoms with van der Waals surface area (Å²) in [6, 6.07) is 9.86. The first kappa shape index (κ1) is 24.0. The second-order valence-electron chi connectivity index (χ2n) is 10.8. The van der Waals surface area contributed by atoms with E-state index in [1.54, 1.807) is 26.1 Å². The number of esters is 1. The summed E-state index contributed by atoms with van der Waals surface area (Å²) in [5, 5.41) is 0. The predicted molar refractivity (Wildman–Crippen MR) is 133 cm³/mol. The van der Waals surface area contributed by atoms with Gasteiger partial charge in [-0.05, 0) is 60.4 Å². The Morgan fingerprint density at radius 1 is 1.14 bits per heavy atom. The summed E-state index contributed by atoms with van der Waals surface area (Å²) < 4.78 is 22.6. The van der Waals surface area contributed by atoms with Gasteiger partial charge in [0.15, 0.2) is 11.5 Å². The number of benzene rings is 1. The minimum absolute atomic E-state index is 0.0157. The number of carbonyl (C=O) groups is 1. The highest BCUT2D eigenvalue weighted by molar-refractivity contribution is 5.76. The molecule has 6 heteroatoms. The molecule has 2 fully saturated rings. The number of hydrogen-bond acceptors (Lipinski definition) is 6. The van der Waals surface area contributed by atoms with Crippen LogP contribution in [0.1, 0.15) is 50.9 Å². The van der Waals surface area contributed by atoms with Crippen molar-refractivity contribution in [3.05, 3.63) is 59.6 Å². The van der Waals surface area contributed by atoms with E-state index in [0.29, 0.717) is 37.1 Å². The minimum Gasteiger partial charge on any atom is -0.493 e. The average molecular weight is 480 g/mol. The topological polar surface area (TPSA) is 61.1 Å². The molecule has 0 unspecified atom stereocenters. The van der Waals surface area contributed by atoms with Crippen LogP contribution in [-0.4, -0.2) is 37.7 Å². The molecular weight excluding hydrogens is 442 g/mol. The normalized spacial score (nSPS) is 29.9. The van der Waals surface area contributed by atoms with E-state index >= 15 is 0 Å². The van der Waals surface area contributed by atoms with E-state index in [4.69, 9.17) is 18.6 Å². The number of methoxy groups -OCH3 is 2. The number of nitrogens with zero attached hydrogens (tertiary/aromatic N) is 1. The maximum Gasteiger partial charge on any atom is 0.311 e. The van der Waals surface area contributed by atoms with E-state index in [9.17, 15) is 4.79 Å². The molecule has 0 amide bonds. The zero-order valence-corrected chi connectivity index (χ0v) is 21.3. The predicted octanol–water partition coefficient (Wildman–Crippen LogP) is 5.61. The zero-order valence-electron chi connectivity index (χ0n) is 21.3. The summed E-state index contributed by atoms with van der Waals surface area (Å²) in [5.74, 6) is 2.75. The summed E-state index contributed by atoms with van der Waals surface area (Å²) in [6.07, 6.45) is 8.74. The van der Waals surface area contributed by atoms with E-state index in [1.165, 1.54) is 19.3 Å². The number of furan rings is 1. The Hall–Kier alpha value is -2.73. The second kappa shape index (κ2) is 9.73. The number of carbonyl (C=O) groups excluding carboxylic acids is 1. The van der Waals surface area contributed by atoms with Crippen LogP contribution >= 0.6 is 0 Å². The molecule has 0 spiro atoms. The van der Waals surface area contributed by atoms with Gasteiger partial charge in [-0.2, -0.15) is 0 Å². The molecule has 1 saturated heterocycles. The highest BCUT2D eigenvalue weighted by Crippen LogP contribution is 2.54. The fourth-order valence-corrected chi connectivity index (χ4v) is 6.58. The van der Waals surface area contributed by atoms with Gasteiger partial charge in [-0.25, -0.2) is 0 Å². The molecule has 1 aliphatic heterocycles. The summed E-state index contributed by atoms with van der Waals surface area (Å²) >= 11 is 0. The van der Waals surface area contributed by atoms with Crippen molar-refractivity contribution >= 4 is 5.97 Å². The molecule has 3 aliphatic rings. The van der Waals surface area contributed by atoms with Gasteiger partial charge < -0.3 is 18.6 Å². The molecule has 2 aromatic rings. The molecule has 5 rings (SSSR count). The molecule has 1 aromatic heterocycles. The lowest BCUT2D eigenvalue weighted by Gasteiger charge is -2.46. The molecule has 2 heterocycles. The van der Waals surface area contributed by atoms with Gasteiger partial charge in [0.25, 0.3) is 0 Å². The Labute approximate surface area is 208 Å². The van der Waals surface area contributed by atoms with Crippen LogP contribution in [-0.2, 0) is 22.6 Å². The smallest absolute Gasteiger partial charge is 0.311 e. The molecule has 35 heavy (non-hydrogen) atoms. The fourth-order valence-electron chi connectivity index (χ4n) is 6.58. The molecular formula is C29H37NO5. The SMILES string of the molecule is COc1ccc(CN(Cc2ccco2)C[C@H]2C(=O)O[C@@H]3C[C@@]4(C)CCC[C@H](C)C4=C[C@@H]32)cc1OC. The standard InChI is InChI=1S/C29H37NO5/c1-19-7-5-11-29(2)15-27-22(14-24(19)29)23(28(31)35-27)18-30(17-21-8-6-12-34-21)16-20-9-10-25(32-3)26(13-20)33-4/h6,8-10,12-14,19,22-23,27H,5,7,11,15-18H2,1-4H3/t19-,22+,23+,27+,29+/m0/s1. The molecule has 5 atom stereocenters. The third-order valence-corrected chi connectivity index (χ3v) is 8.35. The van der Waals surface area contributed by atoms with Crippen molar-refractivity contribution in [1.29, 1.82) is 0 Å². The van der Waals surface area contributed by atoms with Crippen LogP contribution in [0.4, 0.5) is 0 Å². The van der Waals surface area contributed by atoms with Crippen LogP contribution < -0.4 is 9.47 Å². The van der Waals surface area contributed by atoms with Gasteiger partial charge in [-0.1, -0.05) is 38.0 Å². The second-order valence-corrected chi connectivity index (χ2v) is 10.8. The molecule has 1 aromatic carbocycles. The van der Waals surface area contributed by atoms with Gasteiger partial charge in [0.05, 0.1) is 32.9 Å². The van der Waals surface area contributed by atoms with E-state index in [2.05, 4.69) is 24.8 Å². The van der Waals surface area contributed by atoms with Gasteiger partial charge in [0.2, 0.25) is 0 Å². The lowest BCUT2D eigenvalue weighted by Crippen LogP contribution is -2.40. The Kier molecular flexibility index (Phi) is 6.67. The number of hydrogen-bond donors (Lipinski definition) is 0. The van der Waals surface area contributed by atoms with Crippen molar-refractivity contribution in [2.45, 2.75) is 58.7 Å². The van der Waals surface area contributed by atoms with Crippen molar-refractivity contribution in [2.24, 2.45) is 23.2 Å². The van der Waals surface area contributed by atoms with Crippen LogP contribution in [0.25, 0.3) is 0 Å². The van der Waals surface area contributed by atoms with Gasteiger partial charge in [-0.3, -0.25) is 9.69 Å². The number of allylic oxidation sites excluding steroid dienone is 1. The lowest BCUT2D eigenvalue weighted by molar-refractivity contribution is -0.145. The van der Waals surface area contributed by atoms with Crippen LogP contribution in [0, 0.1) is 23.2 Å². The molecule has 0 bridgehead atoms. The van der Waals surface area contributed by atoms with E-state index in [-0.39, 0.29) is 29.3 Å². The fraction of sp³-hybridized carbons (Fsp3) is 0.552. The van der Waals surface area contributed by atoms with Gasteiger partial charge in [0.1, 0.15) is 11.9 Å². The Morgan fingerprint density at radius 2 is 1.97 bits per heavy atom. The van der Waals surface area contributed by atoms with Crippen LogP contribution in [0.5, 0.6) is 11.5 Å².